The molecule has 3 atom stereocenters. The summed E-state index contributed by atoms with van der Waals surface area (Å²) in [5, 5.41) is 10.5. The van der Waals surface area contributed by atoms with Gasteiger partial charge in [-0.25, -0.2) is 0 Å². The highest BCUT2D eigenvalue weighted by molar-refractivity contribution is 5.26. The summed E-state index contributed by atoms with van der Waals surface area (Å²) in [5.74, 6) is 1.95. The molecule has 3 unspecified atom stereocenters. The summed E-state index contributed by atoms with van der Waals surface area (Å²) in [4.78, 5) is 0. The van der Waals surface area contributed by atoms with Crippen LogP contribution in [0.5, 0.6) is 0 Å². The second-order valence-corrected chi connectivity index (χ2v) is 6.58. The molecule has 2 aliphatic carbocycles. The van der Waals surface area contributed by atoms with Crippen LogP contribution in [0.2, 0.25) is 0 Å². The van der Waals surface area contributed by atoms with Gasteiger partial charge in [-0.2, -0.15) is 0 Å². The highest BCUT2D eigenvalue weighted by Crippen LogP contribution is 2.50. The van der Waals surface area contributed by atoms with E-state index in [0.717, 1.165) is 12.3 Å². The van der Waals surface area contributed by atoms with Crippen molar-refractivity contribution in [3.05, 3.63) is 35.9 Å². The first kappa shape index (κ1) is 13.2. The lowest BCUT2D eigenvalue weighted by Crippen LogP contribution is -2.16. The fraction of sp³-hybridized carbons (Fsp3) is 0.667. The van der Waals surface area contributed by atoms with Crippen LogP contribution in [0.25, 0.3) is 0 Å². The average Bonchev–Trinajstić information content (AvgIpc) is 3.24. The summed E-state index contributed by atoms with van der Waals surface area (Å²) in [6.45, 7) is 0. The van der Waals surface area contributed by atoms with Crippen LogP contribution in [0.3, 0.4) is 0 Å². The van der Waals surface area contributed by atoms with Gasteiger partial charge in [0.25, 0.3) is 0 Å². The lowest BCUT2D eigenvalue weighted by molar-refractivity contribution is 0.114. The van der Waals surface area contributed by atoms with E-state index in [-0.39, 0.29) is 6.10 Å². The highest BCUT2D eigenvalue weighted by atomic mass is 16.3. The number of aliphatic hydroxyl groups is 1. The Balaban J connectivity index is 1.50. The standard InChI is InChI=1S/C18H26O/c19-18(12-14-8-4-1-2-5-9-14)17-13-16(17)15-10-6-3-7-11-15/h3,6-7,10-11,14,16-19H,1-2,4-5,8-9,12-13H2. The third-order valence-corrected chi connectivity index (χ3v) is 5.11. The van der Waals surface area contributed by atoms with Crippen LogP contribution in [-0.2, 0) is 0 Å². The van der Waals surface area contributed by atoms with Crippen molar-refractivity contribution in [1.29, 1.82) is 0 Å². The van der Waals surface area contributed by atoms with Gasteiger partial charge in [0.15, 0.2) is 0 Å². The molecule has 1 nitrogen and oxygen atoms in total. The lowest BCUT2D eigenvalue weighted by Gasteiger charge is -2.18. The van der Waals surface area contributed by atoms with Crippen molar-refractivity contribution in [2.24, 2.45) is 11.8 Å². The van der Waals surface area contributed by atoms with Crippen LogP contribution in [0, 0.1) is 11.8 Å². The van der Waals surface area contributed by atoms with Crippen LogP contribution >= 0.6 is 0 Å². The van der Waals surface area contributed by atoms with Crippen LogP contribution in [0.15, 0.2) is 30.3 Å². The van der Waals surface area contributed by atoms with Crippen molar-refractivity contribution in [2.75, 3.05) is 0 Å². The number of hydrogen-bond donors (Lipinski definition) is 1. The van der Waals surface area contributed by atoms with Gasteiger partial charge in [0.05, 0.1) is 6.10 Å². The Hall–Kier alpha value is -0.820. The predicted molar refractivity (Wildman–Crippen MR) is 79.1 cm³/mol. The van der Waals surface area contributed by atoms with E-state index in [9.17, 15) is 5.11 Å². The van der Waals surface area contributed by atoms with E-state index in [1.807, 2.05) is 0 Å². The maximum atomic E-state index is 10.5. The summed E-state index contributed by atoms with van der Waals surface area (Å²) in [6, 6.07) is 10.7. The third-order valence-electron chi connectivity index (χ3n) is 5.11. The maximum absolute atomic E-state index is 10.5. The molecule has 3 rings (SSSR count). The minimum atomic E-state index is -0.0618. The molecular formula is C18H26O. The zero-order chi connectivity index (χ0) is 13.1. The first-order chi connectivity index (χ1) is 9.34. The number of hydrogen-bond acceptors (Lipinski definition) is 1. The van der Waals surface area contributed by atoms with Crippen molar-refractivity contribution in [3.63, 3.8) is 0 Å². The van der Waals surface area contributed by atoms with Crippen LogP contribution in [0.4, 0.5) is 0 Å². The molecule has 0 bridgehead atoms. The zero-order valence-electron chi connectivity index (χ0n) is 11.8. The summed E-state index contributed by atoms with van der Waals surface area (Å²) >= 11 is 0. The Kier molecular flexibility index (Phi) is 4.22. The second-order valence-electron chi connectivity index (χ2n) is 6.58. The van der Waals surface area contributed by atoms with Gasteiger partial charge in [0.2, 0.25) is 0 Å². The Labute approximate surface area is 117 Å². The molecule has 0 aliphatic heterocycles. The van der Waals surface area contributed by atoms with E-state index in [1.54, 1.807) is 0 Å². The molecule has 104 valence electrons. The minimum Gasteiger partial charge on any atom is -0.393 e. The molecule has 2 aliphatic rings. The van der Waals surface area contributed by atoms with Crippen LogP contribution < -0.4 is 0 Å². The Bertz CT molecular complexity index is 378. The molecule has 2 fully saturated rings. The summed E-state index contributed by atoms with van der Waals surface area (Å²) in [6.07, 6.45) is 10.4. The predicted octanol–water partition coefficient (Wildman–Crippen LogP) is 4.51. The summed E-state index contributed by atoms with van der Waals surface area (Å²) in [7, 11) is 0. The molecule has 1 heteroatoms. The molecule has 0 radical (unpaired) electrons. The Morgan fingerprint density at radius 2 is 1.68 bits per heavy atom. The summed E-state index contributed by atoms with van der Waals surface area (Å²) < 4.78 is 0. The Morgan fingerprint density at radius 1 is 1.00 bits per heavy atom. The van der Waals surface area contributed by atoms with E-state index in [4.69, 9.17) is 0 Å². The van der Waals surface area contributed by atoms with Crippen LogP contribution in [-0.4, -0.2) is 11.2 Å². The topological polar surface area (TPSA) is 20.2 Å². The van der Waals surface area contributed by atoms with Crippen molar-refractivity contribution in [2.45, 2.75) is 63.4 Å². The van der Waals surface area contributed by atoms with Gasteiger partial charge in [-0.1, -0.05) is 68.9 Å². The van der Waals surface area contributed by atoms with Gasteiger partial charge in [0, 0.05) is 0 Å². The fourth-order valence-corrected chi connectivity index (χ4v) is 3.84. The van der Waals surface area contributed by atoms with Crippen molar-refractivity contribution < 1.29 is 5.11 Å². The molecule has 0 amide bonds. The van der Waals surface area contributed by atoms with E-state index < -0.39 is 0 Å². The molecule has 1 aromatic rings. The first-order valence-corrected chi connectivity index (χ1v) is 8.07. The van der Waals surface area contributed by atoms with E-state index >= 15 is 0 Å². The quantitative estimate of drug-likeness (QED) is 0.788. The molecule has 0 spiro atoms. The van der Waals surface area contributed by atoms with Crippen LogP contribution in [0.1, 0.15) is 62.8 Å². The molecule has 19 heavy (non-hydrogen) atoms. The molecule has 0 heterocycles. The van der Waals surface area contributed by atoms with Gasteiger partial charge >= 0.3 is 0 Å². The Morgan fingerprint density at radius 3 is 2.37 bits per heavy atom. The number of aliphatic hydroxyl groups excluding tert-OH is 1. The van der Waals surface area contributed by atoms with E-state index in [1.165, 1.54) is 50.5 Å². The third kappa shape index (κ3) is 3.39. The summed E-state index contributed by atoms with van der Waals surface area (Å²) in [5.41, 5.74) is 1.42. The van der Waals surface area contributed by atoms with Gasteiger partial charge in [-0.05, 0) is 36.2 Å². The van der Waals surface area contributed by atoms with Gasteiger partial charge in [0.1, 0.15) is 0 Å². The van der Waals surface area contributed by atoms with E-state index in [0.29, 0.717) is 11.8 Å². The molecule has 1 aromatic carbocycles. The van der Waals surface area contributed by atoms with Crippen molar-refractivity contribution in [1.82, 2.24) is 0 Å². The normalized spacial score (nSPS) is 29.7. The van der Waals surface area contributed by atoms with Crippen molar-refractivity contribution >= 4 is 0 Å². The molecule has 0 aromatic heterocycles. The smallest absolute Gasteiger partial charge is 0.0577 e. The van der Waals surface area contributed by atoms with Gasteiger partial charge < -0.3 is 5.11 Å². The van der Waals surface area contributed by atoms with Crippen molar-refractivity contribution in [3.8, 4) is 0 Å². The fourth-order valence-electron chi connectivity index (χ4n) is 3.84. The van der Waals surface area contributed by atoms with Gasteiger partial charge in [-0.15, -0.1) is 0 Å². The largest absolute Gasteiger partial charge is 0.393 e. The number of benzene rings is 1. The first-order valence-electron chi connectivity index (χ1n) is 8.07. The lowest BCUT2D eigenvalue weighted by atomic mass is 9.91. The number of rotatable bonds is 4. The molecule has 0 saturated heterocycles. The highest BCUT2D eigenvalue weighted by Gasteiger charge is 2.43. The molecular weight excluding hydrogens is 232 g/mol. The maximum Gasteiger partial charge on any atom is 0.0577 e. The van der Waals surface area contributed by atoms with Gasteiger partial charge in [-0.3, -0.25) is 0 Å². The SMILES string of the molecule is OC(CC1CCCCCC1)C1CC1c1ccccc1. The zero-order valence-corrected chi connectivity index (χ0v) is 11.8. The molecule has 2 saturated carbocycles. The molecule has 1 N–H and O–H groups in total. The van der Waals surface area contributed by atoms with E-state index in [2.05, 4.69) is 30.3 Å². The monoisotopic (exact) mass is 258 g/mol. The minimum absolute atomic E-state index is 0.0618. The average molecular weight is 258 g/mol. The second kappa shape index (κ2) is 6.09.